The van der Waals surface area contributed by atoms with Crippen LogP contribution in [0.15, 0.2) is 36.4 Å². The molecule has 1 heteroatoms. The Labute approximate surface area is 120 Å². The van der Waals surface area contributed by atoms with Gasteiger partial charge in [-0.1, -0.05) is 36.4 Å². The molecule has 20 heavy (non-hydrogen) atoms. The Morgan fingerprint density at radius 1 is 0.950 bits per heavy atom. The van der Waals surface area contributed by atoms with Crippen LogP contribution in [0.2, 0.25) is 0 Å². The van der Waals surface area contributed by atoms with Crippen molar-refractivity contribution in [3.05, 3.63) is 69.8 Å². The molecule has 0 heterocycles. The van der Waals surface area contributed by atoms with Gasteiger partial charge in [0.05, 0.1) is 0 Å². The van der Waals surface area contributed by atoms with Crippen LogP contribution in [-0.2, 0) is 24.8 Å². The van der Waals surface area contributed by atoms with Crippen molar-refractivity contribution < 1.29 is 0 Å². The molecule has 2 aliphatic rings. The van der Waals surface area contributed by atoms with Crippen molar-refractivity contribution in [1.82, 2.24) is 0 Å². The summed E-state index contributed by atoms with van der Waals surface area (Å²) in [5, 5.41) is 0. The molecule has 4 rings (SSSR count). The van der Waals surface area contributed by atoms with Gasteiger partial charge in [-0.15, -0.1) is 0 Å². The van der Waals surface area contributed by atoms with Crippen LogP contribution in [0.3, 0.4) is 0 Å². The first kappa shape index (κ1) is 12.2. The van der Waals surface area contributed by atoms with Crippen LogP contribution in [0.4, 0.5) is 0 Å². The monoisotopic (exact) mass is 263 g/mol. The van der Waals surface area contributed by atoms with Crippen LogP contribution in [0.5, 0.6) is 0 Å². The van der Waals surface area contributed by atoms with Gasteiger partial charge >= 0.3 is 0 Å². The second-order valence-corrected chi connectivity index (χ2v) is 6.35. The predicted octanol–water partition coefficient (Wildman–Crippen LogP) is 3.63. The Morgan fingerprint density at radius 3 is 2.30 bits per heavy atom. The third-order valence-corrected chi connectivity index (χ3v) is 5.42. The maximum absolute atomic E-state index is 6.03. The largest absolute Gasteiger partial charge is 0.326 e. The molecule has 0 aliphatic heterocycles. The van der Waals surface area contributed by atoms with E-state index in [1.807, 2.05) is 0 Å². The van der Waals surface area contributed by atoms with Gasteiger partial charge in [0, 0.05) is 12.0 Å². The van der Waals surface area contributed by atoms with Gasteiger partial charge in [-0.05, 0) is 66.0 Å². The summed E-state index contributed by atoms with van der Waals surface area (Å²) in [5.41, 5.74) is 15.4. The molecule has 1 atom stereocenters. The van der Waals surface area contributed by atoms with Gasteiger partial charge in [0.2, 0.25) is 0 Å². The van der Waals surface area contributed by atoms with Gasteiger partial charge < -0.3 is 5.73 Å². The molecule has 0 aromatic heterocycles. The zero-order valence-corrected chi connectivity index (χ0v) is 12.1. The highest BCUT2D eigenvalue weighted by Gasteiger charge is 2.46. The van der Waals surface area contributed by atoms with Crippen molar-refractivity contribution in [3.63, 3.8) is 0 Å². The van der Waals surface area contributed by atoms with E-state index in [4.69, 9.17) is 5.73 Å². The highest BCUT2D eigenvalue weighted by Crippen LogP contribution is 2.54. The van der Waals surface area contributed by atoms with E-state index in [1.54, 1.807) is 16.7 Å². The van der Waals surface area contributed by atoms with Crippen molar-refractivity contribution in [2.45, 2.75) is 44.6 Å². The lowest BCUT2D eigenvalue weighted by atomic mass is 9.73. The quantitative estimate of drug-likeness (QED) is 0.835. The fourth-order valence-corrected chi connectivity index (χ4v) is 4.71. The molecule has 0 fully saturated rings. The molecule has 0 saturated carbocycles. The molecular weight excluding hydrogens is 242 g/mol. The van der Waals surface area contributed by atoms with E-state index < -0.39 is 0 Å². The van der Waals surface area contributed by atoms with Gasteiger partial charge in [0.25, 0.3) is 0 Å². The molecule has 0 amide bonds. The van der Waals surface area contributed by atoms with Crippen LogP contribution < -0.4 is 5.73 Å². The topological polar surface area (TPSA) is 26.0 Å². The van der Waals surface area contributed by atoms with Crippen molar-refractivity contribution in [2.75, 3.05) is 0 Å². The molecule has 1 spiro atoms. The molecule has 2 aromatic rings. The number of rotatable bonds is 1. The minimum atomic E-state index is 0.256. The van der Waals surface area contributed by atoms with Gasteiger partial charge in [-0.3, -0.25) is 0 Å². The highest BCUT2D eigenvalue weighted by molar-refractivity contribution is 5.58. The molecule has 2 N–H and O–H groups in total. The number of nitrogens with two attached hydrogens (primary N) is 1. The van der Waals surface area contributed by atoms with Gasteiger partial charge in [-0.2, -0.15) is 0 Å². The first-order valence-electron chi connectivity index (χ1n) is 7.66. The van der Waals surface area contributed by atoms with Crippen molar-refractivity contribution in [1.29, 1.82) is 0 Å². The summed E-state index contributed by atoms with van der Waals surface area (Å²) in [4.78, 5) is 0. The SMILES string of the molecule is Cc1cccc2c1[C@]1(CC2)CCc2cccc(CN)c21. The summed E-state index contributed by atoms with van der Waals surface area (Å²) >= 11 is 0. The van der Waals surface area contributed by atoms with Crippen LogP contribution in [0.1, 0.15) is 46.2 Å². The maximum atomic E-state index is 6.03. The van der Waals surface area contributed by atoms with Crippen molar-refractivity contribution in [3.8, 4) is 0 Å². The molecule has 2 aromatic carbocycles. The number of fused-ring (bicyclic) bond motifs is 4. The molecule has 2 aliphatic carbocycles. The lowest BCUT2D eigenvalue weighted by Crippen LogP contribution is -2.24. The third-order valence-electron chi connectivity index (χ3n) is 5.42. The zero-order chi connectivity index (χ0) is 13.7. The lowest BCUT2D eigenvalue weighted by Gasteiger charge is -2.30. The number of benzene rings is 2. The summed E-state index contributed by atoms with van der Waals surface area (Å²) < 4.78 is 0. The summed E-state index contributed by atoms with van der Waals surface area (Å²) in [6, 6.07) is 13.5. The summed E-state index contributed by atoms with van der Waals surface area (Å²) in [6.07, 6.45) is 4.95. The van der Waals surface area contributed by atoms with E-state index in [9.17, 15) is 0 Å². The standard InChI is InChI=1S/C19H21N/c1-13-4-2-5-14-8-10-19(17(13)14)11-9-15-6-3-7-16(12-20)18(15)19/h2-7H,8-12,20H2,1H3/t19-/m0/s1. The van der Waals surface area contributed by atoms with E-state index in [-0.39, 0.29) is 5.41 Å². The number of aryl methyl sites for hydroxylation is 3. The molecule has 0 unspecified atom stereocenters. The molecule has 0 saturated heterocycles. The Bertz CT molecular complexity index is 682. The van der Waals surface area contributed by atoms with E-state index in [2.05, 4.69) is 43.3 Å². The molecule has 1 nitrogen and oxygen atoms in total. The Kier molecular flexibility index (Phi) is 2.55. The predicted molar refractivity (Wildman–Crippen MR) is 82.9 cm³/mol. The first-order chi connectivity index (χ1) is 9.76. The Hall–Kier alpha value is -1.60. The second-order valence-electron chi connectivity index (χ2n) is 6.35. The lowest BCUT2D eigenvalue weighted by molar-refractivity contribution is 0.501. The average molecular weight is 263 g/mol. The summed E-state index contributed by atoms with van der Waals surface area (Å²) in [6.45, 7) is 2.93. The highest BCUT2D eigenvalue weighted by atomic mass is 14.6. The molecule has 0 bridgehead atoms. The Balaban J connectivity index is 2.01. The number of hydrogen-bond acceptors (Lipinski definition) is 1. The van der Waals surface area contributed by atoms with Crippen molar-refractivity contribution in [2.24, 2.45) is 5.73 Å². The number of hydrogen-bond donors (Lipinski definition) is 1. The van der Waals surface area contributed by atoms with E-state index in [0.29, 0.717) is 6.54 Å². The minimum absolute atomic E-state index is 0.256. The van der Waals surface area contributed by atoms with E-state index in [1.165, 1.54) is 42.4 Å². The normalized spacial score (nSPS) is 23.1. The van der Waals surface area contributed by atoms with Gasteiger partial charge in [-0.25, -0.2) is 0 Å². The molecule has 0 radical (unpaired) electrons. The minimum Gasteiger partial charge on any atom is -0.326 e. The smallest absolute Gasteiger partial charge is 0.0220 e. The summed E-state index contributed by atoms with van der Waals surface area (Å²) in [5.74, 6) is 0. The van der Waals surface area contributed by atoms with Gasteiger partial charge in [0.15, 0.2) is 0 Å². The fourth-order valence-electron chi connectivity index (χ4n) is 4.71. The van der Waals surface area contributed by atoms with Crippen molar-refractivity contribution >= 4 is 0 Å². The fraction of sp³-hybridized carbons (Fsp3) is 0.368. The second kappa shape index (κ2) is 4.20. The van der Waals surface area contributed by atoms with Gasteiger partial charge in [0.1, 0.15) is 0 Å². The third kappa shape index (κ3) is 1.42. The molecular formula is C19H21N. The van der Waals surface area contributed by atoms with Crippen LogP contribution in [0, 0.1) is 6.92 Å². The van der Waals surface area contributed by atoms with Crippen LogP contribution in [-0.4, -0.2) is 0 Å². The summed E-state index contributed by atoms with van der Waals surface area (Å²) in [7, 11) is 0. The zero-order valence-electron chi connectivity index (χ0n) is 12.1. The first-order valence-corrected chi connectivity index (χ1v) is 7.66. The maximum Gasteiger partial charge on any atom is 0.0220 e. The van der Waals surface area contributed by atoms with E-state index >= 15 is 0 Å². The Morgan fingerprint density at radius 2 is 1.60 bits per heavy atom. The average Bonchev–Trinajstić information content (AvgIpc) is 3.03. The van der Waals surface area contributed by atoms with Crippen LogP contribution in [0.25, 0.3) is 0 Å². The molecule has 102 valence electrons. The van der Waals surface area contributed by atoms with Crippen LogP contribution >= 0.6 is 0 Å². The van der Waals surface area contributed by atoms with E-state index in [0.717, 1.165) is 0 Å².